The van der Waals surface area contributed by atoms with Gasteiger partial charge >= 0.3 is 0 Å². The van der Waals surface area contributed by atoms with Crippen LogP contribution >= 0.6 is 0 Å². The summed E-state index contributed by atoms with van der Waals surface area (Å²) >= 11 is 0. The molecule has 0 radical (unpaired) electrons. The van der Waals surface area contributed by atoms with Crippen LogP contribution in [-0.2, 0) is 0 Å². The van der Waals surface area contributed by atoms with Crippen LogP contribution in [-0.4, -0.2) is 31.2 Å². The van der Waals surface area contributed by atoms with Gasteiger partial charge in [0.2, 0.25) is 0 Å². The number of aromatic nitrogens is 1. The van der Waals surface area contributed by atoms with Crippen LogP contribution in [0.15, 0.2) is 18.3 Å². The average molecular weight is 214 g/mol. The van der Waals surface area contributed by atoms with Crippen LogP contribution in [0.5, 0.6) is 0 Å². The third kappa shape index (κ3) is 1.44. The van der Waals surface area contributed by atoms with E-state index >= 15 is 0 Å². The Balaban J connectivity index is 1.86. The van der Waals surface area contributed by atoms with Gasteiger partial charge < -0.3 is 10.2 Å². The molecule has 1 N–H and O–H groups in total. The molecule has 16 heavy (non-hydrogen) atoms. The molecule has 0 bridgehead atoms. The van der Waals surface area contributed by atoms with Gasteiger partial charge in [-0.25, -0.2) is 4.98 Å². The molecular formula is C12H14N4. The van der Waals surface area contributed by atoms with Crippen molar-refractivity contribution in [1.29, 1.82) is 5.26 Å². The molecular weight excluding hydrogens is 200 g/mol. The Hall–Kier alpha value is -1.60. The minimum Gasteiger partial charge on any atom is -0.355 e. The first-order valence-corrected chi connectivity index (χ1v) is 5.69. The van der Waals surface area contributed by atoms with E-state index in [9.17, 15) is 0 Å². The summed E-state index contributed by atoms with van der Waals surface area (Å²) in [6.45, 7) is 4.28. The minimum atomic E-state index is 0.690. The summed E-state index contributed by atoms with van der Waals surface area (Å²) < 4.78 is 0. The van der Waals surface area contributed by atoms with Crippen molar-refractivity contribution < 1.29 is 0 Å². The molecule has 0 saturated carbocycles. The molecule has 2 atom stereocenters. The SMILES string of the molecule is N#Cc1cccnc1N1C[C@H]2CNC[C@H]2C1. The van der Waals surface area contributed by atoms with Gasteiger partial charge in [-0.2, -0.15) is 5.26 Å². The monoisotopic (exact) mass is 214 g/mol. The summed E-state index contributed by atoms with van der Waals surface area (Å²) in [7, 11) is 0. The highest BCUT2D eigenvalue weighted by molar-refractivity contribution is 5.54. The lowest BCUT2D eigenvalue weighted by Gasteiger charge is -2.19. The fraction of sp³-hybridized carbons (Fsp3) is 0.500. The molecule has 2 saturated heterocycles. The Bertz CT molecular complexity index is 425. The van der Waals surface area contributed by atoms with Crippen molar-refractivity contribution in [2.24, 2.45) is 11.8 Å². The highest BCUT2D eigenvalue weighted by Crippen LogP contribution is 2.30. The van der Waals surface area contributed by atoms with Gasteiger partial charge in [0.25, 0.3) is 0 Å². The van der Waals surface area contributed by atoms with Gasteiger partial charge in [0.15, 0.2) is 0 Å². The van der Waals surface area contributed by atoms with Crippen LogP contribution in [0.4, 0.5) is 5.82 Å². The maximum atomic E-state index is 9.05. The smallest absolute Gasteiger partial charge is 0.146 e. The van der Waals surface area contributed by atoms with E-state index < -0.39 is 0 Å². The Morgan fingerprint density at radius 3 is 2.81 bits per heavy atom. The predicted octanol–water partition coefficient (Wildman–Crippen LogP) is 0.609. The van der Waals surface area contributed by atoms with E-state index in [4.69, 9.17) is 5.26 Å². The highest BCUT2D eigenvalue weighted by Gasteiger charge is 2.37. The van der Waals surface area contributed by atoms with E-state index in [-0.39, 0.29) is 0 Å². The van der Waals surface area contributed by atoms with Crippen molar-refractivity contribution in [3.05, 3.63) is 23.9 Å². The van der Waals surface area contributed by atoms with Crippen LogP contribution < -0.4 is 10.2 Å². The van der Waals surface area contributed by atoms with Crippen molar-refractivity contribution in [3.63, 3.8) is 0 Å². The number of pyridine rings is 1. The van der Waals surface area contributed by atoms with Crippen molar-refractivity contribution in [2.45, 2.75) is 0 Å². The zero-order valence-corrected chi connectivity index (χ0v) is 9.06. The summed E-state index contributed by atoms with van der Waals surface area (Å²) in [5.74, 6) is 2.32. The van der Waals surface area contributed by atoms with E-state index in [2.05, 4.69) is 21.3 Å². The molecule has 2 fully saturated rings. The van der Waals surface area contributed by atoms with Crippen molar-refractivity contribution in [2.75, 3.05) is 31.1 Å². The summed E-state index contributed by atoms with van der Waals surface area (Å²) in [5, 5.41) is 12.5. The lowest BCUT2D eigenvalue weighted by atomic mass is 10.0. The molecule has 0 aliphatic carbocycles. The molecule has 2 aliphatic heterocycles. The average Bonchev–Trinajstić information content (AvgIpc) is 2.89. The zero-order chi connectivity index (χ0) is 11.0. The number of hydrogen-bond acceptors (Lipinski definition) is 4. The normalized spacial score (nSPS) is 27.8. The van der Waals surface area contributed by atoms with Crippen molar-refractivity contribution in [3.8, 4) is 6.07 Å². The van der Waals surface area contributed by atoms with Crippen LogP contribution in [0.1, 0.15) is 5.56 Å². The Morgan fingerprint density at radius 1 is 1.38 bits per heavy atom. The van der Waals surface area contributed by atoms with E-state index in [1.165, 1.54) is 0 Å². The molecule has 0 spiro atoms. The van der Waals surface area contributed by atoms with E-state index in [0.717, 1.165) is 43.8 Å². The van der Waals surface area contributed by atoms with Crippen LogP contribution in [0, 0.1) is 23.2 Å². The maximum Gasteiger partial charge on any atom is 0.146 e. The Labute approximate surface area is 94.9 Å². The Kier molecular flexibility index (Phi) is 2.26. The van der Waals surface area contributed by atoms with Gasteiger partial charge in [-0.15, -0.1) is 0 Å². The molecule has 4 heteroatoms. The van der Waals surface area contributed by atoms with Gasteiger partial charge in [0.1, 0.15) is 11.9 Å². The third-order valence-corrected chi connectivity index (χ3v) is 3.60. The van der Waals surface area contributed by atoms with Gasteiger partial charge in [-0.05, 0) is 24.0 Å². The fourth-order valence-corrected chi connectivity index (χ4v) is 2.76. The number of nitriles is 1. The third-order valence-electron chi connectivity index (χ3n) is 3.60. The molecule has 3 heterocycles. The fourth-order valence-electron chi connectivity index (χ4n) is 2.76. The van der Waals surface area contributed by atoms with Gasteiger partial charge in [-0.1, -0.05) is 0 Å². The predicted molar refractivity (Wildman–Crippen MR) is 61.0 cm³/mol. The Morgan fingerprint density at radius 2 is 2.12 bits per heavy atom. The molecule has 82 valence electrons. The molecule has 2 aliphatic rings. The largest absolute Gasteiger partial charge is 0.355 e. The second-order valence-corrected chi connectivity index (χ2v) is 4.57. The lowest BCUT2D eigenvalue weighted by Crippen LogP contribution is -2.26. The summed E-state index contributed by atoms with van der Waals surface area (Å²) in [6.07, 6.45) is 1.77. The second kappa shape index (κ2) is 3.76. The number of fused-ring (bicyclic) bond motifs is 1. The van der Waals surface area contributed by atoms with Crippen molar-refractivity contribution >= 4 is 5.82 Å². The summed E-state index contributed by atoms with van der Waals surface area (Å²) in [6, 6.07) is 5.88. The van der Waals surface area contributed by atoms with E-state index in [1.54, 1.807) is 6.20 Å². The molecule has 1 aromatic heterocycles. The number of nitrogens with one attached hydrogen (secondary N) is 1. The molecule has 3 rings (SSSR count). The maximum absolute atomic E-state index is 9.05. The van der Waals surface area contributed by atoms with E-state index in [0.29, 0.717) is 5.56 Å². The highest BCUT2D eigenvalue weighted by atomic mass is 15.2. The minimum absolute atomic E-state index is 0.690. The second-order valence-electron chi connectivity index (χ2n) is 4.57. The topological polar surface area (TPSA) is 52.0 Å². The number of nitrogens with zero attached hydrogens (tertiary/aromatic N) is 3. The number of anilines is 1. The van der Waals surface area contributed by atoms with Crippen LogP contribution in [0.3, 0.4) is 0 Å². The first kappa shape index (κ1) is 9.61. The first-order chi connectivity index (χ1) is 7.88. The van der Waals surface area contributed by atoms with Crippen LogP contribution in [0.25, 0.3) is 0 Å². The molecule has 4 nitrogen and oxygen atoms in total. The zero-order valence-electron chi connectivity index (χ0n) is 9.06. The molecule has 0 unspecified atom stereocenters. The van der Waals surface area contributed by atoms with Crippen LogP contribution in [0.2, 0.25) is 0 Å². The first-order valence-electron chi connectivity index (χ1n) is 5.69. The lowest BCUT2D eigenvalue weighted by molar-refractivity contribution is 0.533. The standard InChI is InChI=1S/C12H14N4/c13-4-9-2-1-3-15-12(9)16-7-10-5-14-6-11(10)8-16/h1-3,10-11,14H,5-8H2/t10-,11+. The number of rotatable bonds is 1. The molecule has 0 aromatic carbocycles. The summed E-state index contributed by atoms with van der Waals surface area (Å²) in [4.78, 5) is 6.60. The van der Waals surface area contributed by atoms with Gasteiger partial charge in [0, 0.05) is 32.4 Å². The number of hydrogen-bond donors (Lipinski definition) is 1. The molecule has 0 amide bonds. The van der Waals surface area contributed by atoms with E-state index in [1.807, 2.05) is 12.1 Å². The van der Waals surface area contributed by atoms with Gasteiger partial charge in [-0.3, -0.25) is 0 Å². The quantitative estimate of drug-likeness (QED) is 0.744. The van der Waals surface area contributed by atoms with Gasteiger partial charge in [0.05, 0.1) is 5.56 Å². The van der Waals surface area contributed by atoms with Crippen molar-refractivity contribution in [1.82, 2.24) is 10.3 Å². The summed E-state index contributed by atoms with van der Waals surface area (Å²) in [5.41, 5.74) is 0.690. The molecule has 1 aromatic rings.